The number of rotatable bonds is 8. The second-order valence-corrected chi connectivity index (χ2v) is 6.41. The molecule has 3 aromatic rings. The van der Waals surface area contributed by atoms with Crippen LogP contribution in [0, 0.1) is 0 Å². The molecule has 0 unspecified atom stereocenters. The third kappa shape index (κ3) is 5.39. The standard InChI is InChI=1S/C19H21ClN6/c1-26(12-8-15-5-9-21-10-6-15)18-14-23-25-19(24-18)22-11-7-16-3-2-4-17(20)13-16/h2-6,9-10,13-14H,7-8,11-12H2,1H3,(H,22,24,25). The Labute approximate surface area is 158 Å². The SMILES string of the molecule is CN(CCc1ccncc1)c1cnnc(NCCc2cccc(Cl)c2)n1. The Balaban J connectivity index is 1.52. The highest BCUT2D eigenvalue weighted by molar-refractivity contribution is 6.30. The molecule has 6 nitrogen and oxygen atoms in total. The van der Waals surface area contributed by atoms with Crippen molar-refractivity contribution in [3.05, 3.63) is 71.1 Å². The molecule has 0 amide bonds. The lowest BCUT2D eigenvalue weighted by Crippen LogP contribution is -2.22. The largest absolute Gasteiger partial charge is 0.358 e. The van der Waals surface area contributed by atoms with Gasteiger partial charge in [0.15, 0.2) is 5.82 Å². The van der Waals surface area contributed by atoms with Crippen LogP contribution in [0.4, 0.5) is 11.8 Å². The van der Waals surface area contributed by atoms with Crippen LogP contribution in [0.1, 0.15) is 11.1 Å². The van der Waals surface area contributed by atoms with E-state index in [2.05, 4.69) is 36.4 Å². The van der Waals surface area contributed by atoms with Crippen molar-refractivity contribution in [2.75, 3.05) is 30.4 Å². The van der Waals surface area contributed by atoms with E-state index in [-0.39, 0.29) is 0 Å². The maximum Gasteiger partial charge on any atom is 0.244 e. The first-order valence-corrected chi connectivity index (χ1v) is 8.86. The molecule has 2 aromatic heterocycles. The van der Waals surface area contributed by atoms with Gasteiger partial charge in [-0.3, -0.25) is 4.98 Å². The lowest BCUT2D eigenvalue weighted by atomic mass is 10.1. The monoisotopic (exact) mass is 368 g/mol. The minimum absolute atomic E-state index is 0.528. The van der Waals surface area contributed by atoms with Crippen LogP contribution in [-0.4, -0.2) is 40.3 Å². The number of pyridine rings is 1. The molecular weight excluding hydrogens is 348 g/mol. The van der Waals surface area contributed by atoms with Gasteiger partial charge in [-0.15, -0.1) is 5.10 Å². The van der Waals surface area contributed by atoms with Crippen LogP contribution in [0.15, 0.2) is 55.0 Å². The average molecular weight is 369 g/mol. The van der Waals surface area contributed by atoms with Crippen LogP contribution in [0.5, 0.6) is 0 Å². The zero-order valence-electron chi connectivity index (χ0n) is 14.6. The number of nitrogens with zero attached hydrogens (tertiary/aromatic N) is 5. The van der Waals surface area contributed by atoms with Crippen molar-refractivity contribution in [1.82, 2.24) is 20.2 Å². The fourth-order valence-electron chi connectivity index (χ4n) is 2.53. The molecule has 7 heteroatoms. The van der Waals surface area contributed by atoms with Crippen molar-refractivity contribution < 1.29 is 0 Å². The summed E-state index contributed by atoms with van der Waals surface area (Å²) < 4.78 is 0. The normalized spacial score (nSPS) is 10.5. The van der Waals surface area contributed by atoms with E-state index >= 15 is 0 Å². The number of nitrogens with one attached hydrogen (secondary N) is 1. The van der Waals surface area contributed by atoms with Crippen molar-refractivity contribution in [1.29, 1.82) is 0 Å². The Hall–Kier alpha value is -2.73. The average Bonchev–Trinajstić information content (AvgIpc) is 2.67. The molecule has 134 valence electrons. The van der Waals surface area contributed by atoms with Gasteiger partial charge >= 0.3 is 0 Å². The second-order valence-electron chi connectivity index (χ2n) is 5.97. The molecule has 3 rings (SSSR count). The maximum atomic E-state index is 6.01. The molecule has 0 bridgehead atoms. The van der Waals surface area contributed by atoms with Crippen molar-refractivity contribution in [2.45, 2.75) is 12.8 Å². The van der Waals surface area contributed by atoms with Crippen LogP contribution in [0.25, 0.3) is 0 Å². The summed E-state index contributed by atoms with van der Waals surface area (Å²) in [5.41, 5.74) is 2.41. The fraction of sp³-hybridized carbons (Fsp3) is 0.263. The number of hydrogen-bond donors (Lipinski definition) is 1. The summed E-state index contributed by atoms with van der Waals surface area (Å²) in [5.74, 6) is 1.32. The molecule has 1 aromatic carbocycles. The minimum atomic E-state index is 0.528. The highest BCUT2D eigenvalue weighted by Crippen LogP contribution is 2.12. The van der Waals surface area contributed by atoms with E-state index in [4.69, 9.17) is 11.6 Å². The number of aromatic nitrogens is 4. The summed E-state index contributed by atoms with van der Waals surface area (Å²) in [5, 5.41) is 12.1. The lowest BCUT2D eigenvalue weighted by Gasteiger charge is -2.18. The molecule has 0 aliphatic heterocycles. The highest BCUT2D eigenvalue weighted by Gasteiger charge is 2.06. The summed E-state index contributed by atoms with van der Waals surface area (Å²) in [6, 6.07) is 11.9. The highest BCUT2D eigenvalue weighted by atomic mass is 35.5. The number of likely N-dealkylation sites (N-methyl/N-ethyl adjacent to an activating group) is 1. The number of benzene rings is 1. The first-order valence-electron chi connectivity index (χ1n) is 8.49. The van der Waals surface area contributed by atoms with Gasteiger partial charge in [-0.2, -0.15) is 10.1 Å². The quantitative estimate of drug-likeness (QED) is 0.658. The summed E-state index contributed by atoms with van der Waals surface area (Å²) in [6.07, 6.45) is 7.05. The van der Waals surface area contributed by atoms with Crippen LogP contribution < -0.4 is 10.2 Å². The van der Waals surface area contributed by atoms with Gasteiger partial charge in [0.05, 0.1) is 6.20 Å². The summed E-state index contributed by atoms with van der Waals surface area (Å²) in [4.78, 5) is 10.6. The zero-order chi connectivity index (χ0) is 18.2. The summed E-state index contributed by atoms with van der Waals surface area (Å²) >= 11 is 6.01. The van der Waals surface area contributed by atoms with E-state index in [0.717, 1.165) is 30.2 Å². The van der Waals surface area contributed by atoms with Gasteiger partial charge < -0.3 is 10.2 Å². The first kappa shape index (κ1) is 18.1. The van der Waals surface area contributed by atoms with E-state index in [0.29, 0.717) is 12.5 Å². The molecule has 2 heterocycles. The van der Waals surface area contributed by atoms with Gasteiger partial charge in [0.25, 0.3) is 0 Å². The van der Waals surface area contributed by atoms with Gasteiger partial charge in [-0.1, -0.05) is 23.7 Å². The topological polar surface area (TPSA) is 66.8 Å². The van der Waals surface area contributed by atoms with Gasteiger partial charge in [0, 0.05) is 37.6 Å². The molecule has 0 atom stereocenters. The Morgan fingerprint density at radius 1 is 1.08 bits per heavy atom. The molecular formula is C19H21ClN6. The van der Waals surface area contributed by atoms with E-state index in [1.165, 1.54) is 11.1 Å². The molecule has 26 heavy (non-hydrogen) atoms. The van der Waals surface area contributed by atoms with E-state index in [9.17, 15) is 0 Å². The van der Waals surface area contributed by atoms with E-state index in [1.807, 2.05) is 49.8 Å². The van der Waals surface area contributed by atoms with Crippen molar-refractivity contribution >= 4 is 23.4 Å². The van der Waals surface area contributed by atoms with Crippen molar-refractivity contribution in [2.24, 2.45) is 0 Å². The lowest BCUT2D eigenvalue weighted by molar-refractivity contribution is 0.834. The van der Waals surface area contributed by atoms with Crippen LogP contribution in [0.3, 0.4) is 0 Å². The molecule has 0 aliphatic rings. The second kappa shape index (κ2) is 9.10. The zero-order valence-corrected chi connectivity index (χ0v) is 15.4. The molecule has 0 aliphatic carbocycles. The molecule has 0 saturated heterocycles. The van der Waals surface area contributed by atoms with Gasteiger partial charge in [-0.25, -0.2) is 0 Å². The van der Waals surface area contributed by atoms with Crippen LogP contribution in [-0.2, 0) is 12.8 Å². The first-order chi connectivity index (χ1) is 12.7. The number of anilines is 2. The molecule has 0 spiro atoms. The van der Waals surface area contributed by atoms with Crippen LogP contribution >= 0.6 is 11.6 Å². The van der Waals surface area contributed by atoms with Gasteiger partial charge in [0.2, 0.25) is 5.95 Å². The van der Waals surface area contributed by atoms with E-state index < -0.39 is 0 Å². The smallest absolute Gasteiger partial charge is 0.244 e. The predicted octanol–water partition coefficient (Wildman–Crippen LogP) is 3.25. The number of hydrogen-bond acceptors (Lipinski definition) is 6. The van der Waals surface area contributed by atoms with Gasteiger partial charge in [-0.05, 0) is 48.2 Å². The minimum Gasteiger partial charge on any atom is -0.358 e. The summed E-state index contributed by atoms with van der Waals surface area (Å²) in [6.45, 7) is 1.55. The van der Waals surface area contributed by atoms with Gasteiger partial charge in [0.1, 0.15) is 0 Å². The third-order valence-corrected chi connectivity index (χ3v) is 4.24. The Morgan fingerprint density at radius 3 is 2.73 bits per heavy atom. The number of halogens is 1. The van der Waals surface area contributed by atoms with Crippen molar-refractivity contribution in [3.63, 3.8) is 0 Å². The summed E-state index contributed by atoms with van der Waals surface area (Å²) in [7, 11) is 2.00. The Morgan fingerprint density at radius 2 is 1.92 bits per heavy atom. The van der Waals surface area contributed by atoms with Crippen LogP contribution in [0.2, 0.25) is 5.02 Å². The molecule has 0 saturated carbocycles. The van der Waals surface area contributed by atoms with Crippen molar-refractivity contribution in [3.8, 4) is 0 Å². The fourth-order valence-corrected chi connectivity index (χ4v) is 2.74. The Bertz CT molecular complexity index is 827. The third-order valence-electron chi connectivity index (χ3n) is 4.01. The predicted molar refractivity (Wildman–Crippen MR) is 105 cm³/mol. The Kier molecular flexibility index (Phi) is 6.33. The molecule has 1 N–H and O–H groups in total. The molecule has 0 fully saturated rings. The maximum absolute atomic E-state index is 6.01. The van der Waals surface area contributed by atoms with E-state index in [1.54, 1.807) is 6.20 Å². The molecule has 0 radical (unpaired) electrons.